The average molecular weight is 340 g/mol. The molecule has 2 N–H and O–H groups in total. The van der Waals surface area contributed by atoms with Crippen LogP contribution in [0.4, 0.5) is 4.79 Å². The van der Waals surface area contributed by atoms with Crippen molar-refractivity contribution in [3.63, 3.8) is 0 Å². The quantitative estimate of drug-likeness (QED) is 0.794. The lowest BCUT2D eigenvalue weighted by Gasteiger charge is -2.10. The number of aromatic nitrogens is 1. The number of hydrogen-bond donors (Lipinski definition) is 1. The molecule has 0 aliphatic carbocycles. The highest BCUT2D eigenvalue weighted by molar-refractivity contribution is 7.91. The zero-order valence-corrected chi connectivity index (χ0v) is 13.8. The van der Waals surface area contributed by atoms with Crippen molar-refractivity contribution in [2.24, 2.45) is 5.73 Å². The zero-order chi connectivity index (χ0) is 17.3. The van der Waals surface area contributed by atoms with Crippen LogP contribution in [0.15, 0.2) is 76.7 Å². The lowest BCUT2D eigenvalue weighted by molar-refractivity contribution is 0.250. The summed E-state index contributed by atoms with van der Waals surface area (Å²) in [6.07, 6.45) is 1.38. The molecular formula is C18H16N2O3S. The number of carbonyl (C=O) groups excluding carboxylic acids is 1. The maximum atomic E-state index is 13.0. The summed E-state index contributed by atoms with van der Waals surface area (Å²) in [6.45, 7) is 1.88. The molecule has 1 heterocycles. The molecule has 1 amide bonds. The summed E-state index contributed by atoms with van der Waals surface area (Å²) >= 11 is 0. The number of rotatable bonds is 3. The third-order valence-corrected chi connectivity index (χ3v) is 5.56. The van der Waals surface area contributed by atoms with Crippen molar-refractivity contribution < 1.29 is 13.2 Å². The van der Waals surface area contributed by atoms with Crippen LogP contribution in [0.5, 0.6) is 0 Å². The third kappa shape index (κ3) is 2.72. The van der Waals surface area contributed by atoms with Crippen LogP contribution >= 0.6 is 0 Å². The molecule has 3 aromatic rings. The van der Waals surface area contributed by atoms with E-state index in [1.807, 2.05) is 13.0 Å². The normalized spacial score (nSPS) is 11.4. The van der Waals surface area contributed by atoms with E-state index in [4.69, 9.17) is 5.73 Å². The molecule has 1 aromatic heterocycles. The van der Waals surface area contributed by atoms with Crippen molar-refractivity contribution in [1.82, 2.24) is 4.57 Å². The molecule has 0 aliphatic rings. The van der Waals surface area contributed by atoms with Gasteiger partial charge in [0.15, 0.2) is 0 Å². The smallest absolute Gasteiger partial charge is 0.323 e. The van der Waals surface area contributed by atoms with Gasteiger partial charge in [-0.15, -0.1) is 0 Å². The fourth-order valence-corrected chi connectivity index (χ4v) is 4.00. The number of sulfone groups is 1. The van der Waals surface area contributed by atoms with Crippen molar-refractivity contribution in [1.29, 1.82) is 0 Å². The van der Waals surface area contributed by atoms with Crippen molar-refractivity contribution in [2.75, 3.05) is 0 Å². The maximum Gasteiger partial charge on any atom is 0.323 e. The highest BCUT2D eigenvalue weighted by Crippen LogP contribution is 2.32. The van der Waals surface area contributed by atoms with E-state index in [1.54, 1.807) is 48.5 Å². The Hall–Kier alpha value is -2.86. The van der Waals surface area contributed by atoms with Gasteiger partial charge in [0.25, 0.3) is 0 Å². The summed E-state index contributed by atoms with van der Waals surface area (Å²) in [5.74, 6) is 0. The minimum atomic E-state index is -3.78. The number of hydrogen-bond acceptors (Lipinski definition) is 3. The predicted molar refractivity (Wildman–Crippen MR) is 91.5 cm³/mol. The van der Waals surface area contributed by atoms with Crippen LogP contribution in [-0.4, -0.2) is 19.0 Å². The SMILES string of the molecule is Cc1ccc(S(=O)(=O)c2ccn(C(N)=O)c2-c2ccccc2)cc1. The number of aryl methyl sites for hydroxylation is 1. The Kier molecular flexibility index (Phi) is 3.99. The molecule has 0 aliphatic heterocycles. The van der Waals surface area contributed by atoms with Crippen LogP contribution in [0.25, 0.3) is 11.3 Å². The Balaban J connectivity index is 2.25. The van der Waals surface area contributed by atoms with E-state index in [9.17, 15) is 13.2 Å². The lowest BCUT2D eigenvalue weighted by Crippen LogP contribution is -2.20. The molecule has 0 atom stereocenters. The second-order valence-corrected chi connectivity index (χ2v) is 7.34. The zero-order valence-electron chi connectivity index (χ0n) is 13.0. The molecular weight excluding hydrogens is 324 g/mol. The molecule has 24 heavy (non-hydrogen) atoms. The molecule has 2 aromatic carbocycles. The molecule has 5 nitrogen and oxygen atoms in total. The summed E-state index contributed by atoms with van der Waals surface area (Å²) in [7, 11) is -3.78. The summed E-state index contributed by atoms with van der Waals surface area (Å²) in [5, 5.41) is 0. The van der Waals surface area contributed by atoms with Gasteiger partial charge in [0.1, 0.15) is 0 Å². The molecule has 0 saturated carbocycles. The highest BCUT2D eigenvalue weighted by Gasteiger charge is 2.26. The molecule has 0 radical (unpaired) electrons. The maximum absolute atomic E-state index is 13.0. The van der Waals surface area contributed by atoms with Crippen LogP contribution in [0, 0.1) is 6.92 Å². The Labute approximate surface area is 140 Å². The first kappa shape index (κ1) is 16.0. The van der Waals surface area contributed by atoms with Gasteiger partial charge in [-0.3, -0.25) is 4.57 Å². The molecule has 122 valence electrons. The number of primary amides is 1. The van der Waals surface area contributed by atoms with Gasteiger partial charge in [-0.1, -0.05) is 48.0 Å². The fourth-order valence-electron chi connectivity index (χ4n) is 2.54. The van der Waals surface area contributed by atoms with Crippen molar-refractivity contribution in [3.8, 4) is 11.3 Å². The van der Waals surface area contributed by atoms with E-state index in [2.05, 4.69) is 0 Å². The first-order valence-electron chi connectivity index (χ1n) is 7.29. The summed E-state index contributed by atoms with van der Waals surface area (Å²) in [4.78, 5) is 11.9. The minimum absolute atomic E-state index is 0.0522. The number of nitrogens with zero attached hydrogens (tertiary/aromatic N) is 1. The second-order valence-electron chi connectivity index (χ2n) is 5.42. The molecule has 3 rings (SSSR count). The van der Waals surface area contributed by atoms with Crippen molar-refractivity contribution in [2.45, 2.75) is 16.7 Å². The molecule has 0 saturated heterocycles. The Bertz CT molecular complexity index is 989. The monoisotopic (exact) mass is 340 g/mol. The summed E-state index contributed by atoms with van der Waals surface area (Å²) < 4.78 is 27.2. The molecule has 0 fully saturated rings. The second kappa shape index (κ2) is 5.98. The Morgan fingerprint density at radius 1 is 0.958 bits per heavy atom. The average Bonchev–Trinajstić information content (AvgIpc) is 3.02. The summed E-state index contributed by atoms with van der Waals surface area (Å²) in [6, 6.07) is 16.1. The van der Waals surface area contributed by atoms with Gasteiger partial charge < -0.3 is 5.73 Å². The Morgan fingerprint density at radius 3 is 2.17 bits per heavy atom. The van der Waals surface area contributed by atoms with Crippen LogP contribution in [-0.2, 0) is 9.84 Å². The van der Waals surface area contributed by atoms with Gasteiger partial charge >= 0.3 is 6.03 Å². The van der Waals surface area contributed by atoms with E-state index in [0.717, 1.165) is 10.1 Å². The minimum Gasteiger partial charge on any atom is -0.351 e. The van der Waals surface area contributed by atoms with Crippen LogP contribution in [0.2, 0.25) is 0 Å². The van der Waals surface area contributed by atoms with Crippen LogP contribution in [0.3, 0.4) is 0 Å². The van der Waals surface area contributed by atoms with Crippen molar-refractivity contribution in [3.05, 3.63) is 72.4 Å². The number of amides is 1. The topological polar surface area (TPSA) is 82.2 Å². The molecule has 6 heteroatoms. The molecule has 0 unspecified atom stereocenters. The predicted octanol–water partition coefficient (Wildman–Crippen LogP) is 3.22. The lowest BCUT2D eigenvalue weighted by atomic mass is 10.1. The van der Waals surface area contributed by atoms with Gasteiger partial charge in [0.05, 0.1) is 15.5 Å². The van der Waals surface area contributed by atoms with E-state index < -0.39 is 15.9 Å². The first-order chi connectivity index (χ1) is 11.4. The Morgan fingerprint density at radius 2 is 1.58 bits per heavy atom. The van der Waals surface area contributed by atoms with Crippen LogP contribution < -0.4 is 5.73 Å². The summed E-state index contributed by atoms with van der Waals surface area (Å²) in [5.41, 5.74) is 7.23. The van der Waals surface area contributed by atoms with E-state index >= 15 is 0 Å². The first-order valence-corrected chi connectivity index (χ1v) is 8.78. The number of nitrogens with two attached hydrogens (primary N) is 1. The van der Waals surface area contributed by atoms with Crippen molar-refractivity contribution >= 4 is 15.9 Å². The number of carbonyl (C=O) groups is 1. The van der Waals surface area contributed by atoms with E-state index in [-0.39, 0.29) is 15.5 Å². The van der Waals surface area contributed by atoms with Gasteiger partial charge in [0, 0.05) is 11.8 Å². The van der Waals surface area contributed by atoms with Gasteiger partial charge in [-0.2, -0.15) is 0 Å². The van der Waals surface area contributed by atoms with Crippen LogP contribution in [0.1, 0.15) is 5.56 Å². The van der Waals surface area contributed by atoms with Gasteiger partial charge in [-0.05, 0) is 25.1 Å². The van der Waals surface area contributed by atoms with Gasteiger partial charge in [-0.25, -0.2) is 13.2 Å². The highest BCUT2D eigenvalue weighted by atomic mass is 32.2. The molecule has 0 spiro atoms. The molecule has 0 bridgehead atoms. The van der Waals surface area contributed by atoms with E-state index in [0.29, 0.717) is 5.56 Å². The van der Waals surface area contributed by atoms with Gasteiger partial charge in [0.2, 0.25) is 9.84 Å². The standard InChI is InChI=1S/C18H16N2O3S/c1-13-7-9-15(10-8-13)24(22,23)16-11-12-20(18(19)21)17(16)14-5-3-2-4-6-14/h2-12H,1H3,(H2,19,21). The largest absolute Gasteiger partial charge is 0.351 e. The fraction of sp³-hybridized carbons (Fsp3) is 0.0556. The number of benzene rings is 2. The van der Waals surface area contributed by atoms with E-state index in [1.165, 1.54) is 12.3 Å². The third-order valence-electron chi connectivity index (χ3n) is 3.75.